The van der Waals surface area contributed by atoms with Crippen molar-refractivity contribution in [3.63, 3.8) is 0 Å². The summed E-state index contributed by atoms with van der Waals surface area (Å²) in [7, 11) is -0.603. The van der Waals surface area contributed by atoms with Crippen molar-refractivity contribution in [2.75, 3.05) is 49.9 Å². The van der Waals surface area contributed by atoms with Gasteiger partial charge in [0.15, 0.2) is 9.84 Å². The van der Waals surface area contributed by atoms with Gasteiger partial charge in [0, 0.05) is 41.0 Å². The Bertz CT molecular complexity index is 1170. The van der Waals surface area contributed by atoms with Gasteiger partial charge in [0.25, 0.3) is 5.91 Å². The van der Waals surface area contributed by atoms with E-state index in [1.165, 1.54) is 26.2 Å². The van der Waals surface area contributed by atoms with Gasteiger partial charge >= 0.3 is 0 Å². The highest BCUT2D eigenvalue weighted by Gasteiger charge is 2.37. The van der Waals surface area contributed by atoms with Crippen LogP contribution in [0.25, 0.3) is 0 Å². The first-order valence-electron chi connectivity index (χ1n) is 9.97. The first kappa shape index (κ1) is 24.1. The van der Waals surface area contributed by atoms with Crippen LogP contribution in [0, 0.1) is 0 Å². The standard InChI is InChI=1S/C19H27N5O6S2/c1-22(2)17-7-5-14(32(29,30)23(3)4)11-16(17)20-19(26)15-6-8-18(25)24(21-15)13-9-10-31(27,28)12-13/h5,7,11,13H,6,8-10,12H2,1-4H3,(H,20,26)/t13-/m0/s1. The highest BCUT2D eigenvalue weighted by molar-refractivity contribution is 7.91. The SMILES string of the molecule is CN(C)c1ccc(S(=O)(=O)N(C)C)cc1NC(=O)C1=NN([C@H]2CCS(=O)(=O)C2)C(=O)CC1. The molecular formula is C19H27N5O6S2. The lowest BCUT2D eigenvalue weighted by atomic mass is 10.1. The Kier molecular flexibility index (Phi) is 6.63. The quantitative estimate of drug-likeness (QED) is 0.604. The number of amides is 2. The zero-order valence-electron chi connectivity index (χ0n) is 18.4. The van der Waals surface area contributed by atoms with E-state index in [-0.39, 0.29) is 53.0 Å². The van der Waals surface area contributed by atoms with Gasteiger partial charge in [-0.25, -0.2) is 26.1 Å². The van der Waals surface area contributed by atoms with Crippen LogP contribution in [-0.4, -0.2) is 89.4 Å². The second-order valence-electron chi connectivity index (χ2n) is 8.16. The largest absolute Gasteiger partial charge is 0.376 e. The minimum atomic E-state index is -3.72. The summed E-state index contributed by atoms with van der Waals surface area (Å²) in [5.41, 5.74) is 0.944. The van der Waals surface area contributed by atoms with Crippen LogP contribution in [0.3, 0.4) is 0 Å². The summed E-state index contributed by atoms with van der Waals surface area (Å²) in [6, 6.07) is 3.84. The summed E-state index contributed by atoms with van der Waals surface area (Å²) in [5, 5.41) is 7.98. The highest BCUT2D eigenvalue weighted by atomic mass is 32.2. The summed E-state index contributed by atoms with van der Waals surface area (Å²) in [6.07, 6.45) is 0.424. The fourth-order valence-electron chi connectivity index (χ4n) is 3.56. The van der Waals surface area contributed by atoms with Crippen molar-refractivity contribution in [3.05, 3.63) is 18.2 Å². The Morgan fingerprint density at radius 3 is 2.44 bits per heavy atom. The van der Waals surface area contributed by atoms with E-state index in [2.05, 4.69) is 10.4 Å². The number of benzene rings is 1. The molecule has 32 heavy (non-hydrogen) atoms. The number of nitrogens with one attached hydrogen (secondary N) is 1. The third kappa shape index (κ3) is 4.94. The summed E-state index contributed by atoms with van der Waals surface area (Å²) >= 11 is 0. The van der Waals surface area contributed by atoms with Crippen LogP contribution in [0.5, 0.6) is 0 Å². The van der Waals surface area contributed by atoms with E-state index in [1.54, 1.807) is 25.1 Å². The van der Waals surface area contributed by atoms with Gasteiger partial charge in [-0.05, 0) is 24.6 Å². The van der Waals surface area contributed by atoms with Gasteiger partial charge in [-0.2, -0.15) is 5.10 Å². The maximum absolute atomic E-state index is 13.0. The van der Waals surface area contributed by atoms with Crippen molar-refractivity contribution in [1.82, 2.24) is 9.31 Å². The third-order valence-corrected chi connectivity index (χ3v) is 8.91. The Labute approximate surface area is 188 Å². The summed E-state index contributed by atoms with van der Waals surface area (Å²) in [5.74, 6) is -1.09. The molecule has 11 nitrogen and oxygen atoms in total. The average molecular weight is 486 g/mol. The molecule has 2 aliphatic heterocycles. The lowest BCUT2D eigenvalue weighted by Gasteiger charge is -2.28. The van der Waals surface area contributed by atoms with Crippen molar-refractivity contribution < 1.29 is 26.4 Å². The van der Waals surface area contributed by atoms with Crippen molar-refractivity contribution in [3.8, 4) is 0 Å². The van der Waals surface area contributed by atoms with Gasteiger partial charge in [0.2, 0.25) is 15.9 Å². The molecular weight excluding hydrogens is 458 g/mol. The Morgan fingerprint density at radius 2 is 1.88 bits per heavy atom. The Balaban J connectivity index is 1.90. The number of carbonyl (C=O) groups excluding carboxylic acids is 2. The molecule has 3 rings (SSSR count). The number of nitrogens with zero attached hydrogens (tertiary/aromatic N) is 4. The molecule has 0 aliphatic carbocycles. The molecule has 0 radical (unpaired) electrons. The van der Waals surface area contributed by atoms with Crippen molar-refractivity contribution in [1.29, 1.82) is 0 Å². The van der Waals surface area contributed by atoms with Crippen LogP contribution in [0.2, 0.25) is 0 Å². The van der Waals surface area contributed by atoms with Crippen molar-refractivity contribution in [2.24, 2.45) is 5.10 Å². The lowest BCUT2D eigenvalue weighted by molar-refractivity contribution is -0.133. The number of sulfone groups is 1. The van der Waals surface area contributed by atoms with Gasteiger partial charge in [0.1, 0.15) is 5.71 Å². The fraction of sp³-hybridized carbons (Fsp3) is 0.526. The van der Waals surface area contributed by atoms with Gasteiger partial charge in [-0.1, -0.05) is 0 Å². The van der Waals surface area contributed by atoms with E-state index in [0.29, 0.717) is 5.69 Å². The van der Waals surface area contributed by atoms with Gasteiger partial charge in [-0.15, -0.1) is 0 Å². The molecule has 0 spiro atoms. The molecule has 0 bridgehead atoms. The molecule has 176 valence electrons. The molecule has 1 fully saturated rings. The molecule has 13 heteroatoms. The predicted octanol–water partition coefficient (Wildman–Crippen LogP) is 0.107. The zero-order chi connectivity index (χ0) is 23.8. The van der Waals surface area contributed by atoms with Crippen LogP contribution in [-0.2, 0) is 29.4 Å². The minimum absolute atomic E-state index is 0.0157. The van der Waals surface area contributed by atoms with E-state index in [1.807, 2.05) is 0 Å². The number of hydrogen-bond acceptors (Lipinski definition) is 8. The number of hydrazone groups is 1. The molecule has 0 saturated carbocycles. The topological polar surface area (TPSA) is 137 Å². The molecule has 1 N–H and O–H groups in total. The fourth-order valence-corrected chi connectivity index (χ4v) is 6.18. The molecule has 1 aromatic carbocycles. The lowest BCUT2D eigenvalue weighted by Crippen LogP contribution is -2.42. The monoisotopic (exact) mass is 485 g/mol. The van der Waals surface area contributed by atoms with E-state index in [0.717, 1.165) is 9.31 Å². The van der Waals surface area contributed by atoms with Crippen LogP contribution >= 0.6 is 0 Å². The van der Waals surface area contributed by atoms with Gasteiger partial charge in [-0.3, -0.25) is 9.59 Å². The van der Waals surface area contributed by atoms with Crippen molar-refractivity contribution >= 4 is 48.8 Å². The van der Waals surface area contributed by atoms with E-state index in [9.17, 15) is 26.4 Å². The van der Waals surface area contributed by atoms with Crippen LogP contribution in [0.15, 0.2) is 28.2 Å². The zero-order valence-corrected chi connectivity index (χ0v) is 20.0. The molecule has 2 amide bonds. The molecule has 0 unspecified atom stereocenters. The van der Waals surface area contributed by atoms with Crippen molar-refractivity contribution in [2.45, 2.75) is 30.2 Å². The second kappa shape index (κ2) is 8.79. The maximum atomic E-state index is 13.0. The summed E-state index contributed by atoms with van der Waals surface area (Å²) < 4.78 is 49.7. The highest BCUT2D eigenvalue weighted by Crippen LogP contribution is 2.29. The molecule has 2 aliphatic rings. The van der Waals surface area contributed by atoms with Gasteiger partial charge < -0.3 is 10.2 Å². The van der Waals surface area contributed by atoms with E-state index < -0.39 is 31.8 Å². The predicted molar refractivity (Wildman–Crippen MR) is 121 cm³/mol. The minimum Gasteiger partial charge on any atom is -0.376 e. The molecule has 1 saturated heterocycles. The molecule has 2 heterocycles. The molecule has 1 atom stereocenters. The first-order chi connectivity index (χ1) is 14.8. The van der Waals surface area contributed by atoms with Crippen LogP contribution in [0.4, 0.5) is 11.4 Å². The second-order valence-corrected chi connectivity index (χ2v) is 12.5. The summed E-state index contributed by atoms with van der Waals surface area (Å²) in [4.78, 5) is 27.0. The Hall–Kier alpha value is -2.51. The molecule has 1 aromatic rings. The number of hydrogen-bond donors (Lipinski definition) is 1. The number of rotatable bonds is 6. The first-order valence-corrected chi connectivity index (χ1v) is 13.2. The third-order valence-electron chi connectivity index (χ3n) is 5.35. The van der Waals surface area contributed by atoms with Crippen LogP contribution in [0.1, 0.15) is 19.3 Å². The average Bonchev–Trinajstić information content (AvgIpc) is 3.07. The van der Waals surface area contributed by atoms with Crippen LogP contribution < -0.4 is 10.2 Å². The number of sulfonamides is 1. The normalized spacial score (nSPS) is 20.9. The number of anilines is 2. The van der Waals surface area contributed by atoms with E-state index >= 15 is 0 Å². The smallest absolute Gasteiger partial charge is 0.271 e. The molecule has 0 aromatic heterocycles. The maximum Gasteiger partial charge on any atom is 0.271 e. The number of carbonyl (C=O) groups is 2. The Morgan fingerprint density at radius 1 is 1.19 bits per heavy atom. The van der Waals surface area contributed by atoms with E-state index in [4.69, 9.17) is 0 Å². The summed E-state index contributed by atoms with van der Waals surface area (Å²) in [6.45, 7) is 0. The van der Waals surface area contributed by atoms with Gasteiger partial charge in [0.05, 0.1) is 33.8 Å².